The molecule has 0 bridgehead atoms. The lowest BCUT2D eigenvalue weighted by Gasteiger charge is -2.29. The van der Waals surface area contributed by atoms with Gasteiger partial charge in [0, 0.05) is 35.9 Å². The molecule has 6 heteroatoms. The van der Waals surface area contributed by atoms with Crippen molar-refractivity contribution < 1.29 is 4.79 Å². The van der Waals surface area contributed by atoms with Crippen LogP contribution in [0.3, 0.4) is 0 Å². The van der Waals surface area contributed by atoms with Gasteiger partial charge < -0.3 is 9.72 Å². The minimum Gasteiger partial charge on any atom is -0.317 e. The molecule has 3 aliphatic heterocycles. The summed E-state index contributed by atoms with van der Waals surface area (Å²) >= 11 is 6.45. The van der Waals surface area contributed by atoms with E-state index in [1.165, 1.54) is 5.57 Å². The SMILES string of the molecule is Cc1cn2cc(C3=C\C(=O)N4C=C(C5CCNCC5)C=C\C4=C/C=C/3)cc(Cl)c2n1. The number of halogens is 1. The molecule has 5 nitrogen and oxygen atoms in total. The molecule has 2 aromatic heterocycles. The van der Waals surface area contributed by atoms with Gasteiger partial charge in [0.1, 0.15) is 0 Å². The van der Waals surface area contributed by atoms with Crippen LogP contribution in [0.5, 0.6) is 0 Å². The first-order chi connectivity index (χ1) is 14.6. The summed E-state index contributed by atoms with van der Waals surface area (Å²) in [6.45, 7) is 3.98. The van der Waals surface area contributed by atoms with Gasteiger partial charge in [-0.3, -0.25) is 9.69 Å². The van der Waals surface area contributed by atoms with Crippen molar-refractivity contribution in [3.63, 3.8) is 0 Å². The Morgan fingerprint density at radius 2 is 2.00 bits per heavy atom. The summed E-state index contributed by atoms with van der Waals surface area (Å²) in [6.07, 6.45) is 19.9. The first-order valence-electron chi connectivity index (χ1n) is 10.3. The Bertz CT molecular complexity index is 1180. The fourth-order valence-corrected chi connectivity index (χ4v) is 4.53. The Morgan fingerprint density at radius 1 is 1.17 bits per heavy atom. The molecule has 0 aromatic carbocycles. The number of allylic oxidation sites excluding steroid dienone is 7. The van der Waals surface area contributed by atoms with E-state index >= 15 is 0 Å². The highest BCUT2D eigenvalue weighted by Crippen LogP contribution is 2.30. The van der Waals surface area contributed by atoms with Crippen LogP contribution >= 0.6 is 11.6 Å². The first kappa shape index (κ1) is 19.1. The average molecular weight is 419 g/mol. The van der Waals surface area contributed by atoms with Crippen LogP contribution in [-0.4, -0.2) is 33.3 Å². The van der Waals surface area contributed by atoms with Crippen LogP contribution in [-0.2, 0) is 4.79 Å². The molecule has 2 aromatic rings. The maximum Gasteiger partial charge on any atom is 0.255 e. The Kier molecular flexibility index (Phi) is 4.93. The van der Waals surface area contributed by atoms with E-state index in [4.69, 9.17) is 11.6 Å². The normalized spacial score (nSPS) is 24.4. The van der Waals surface area contributed by atoms with Crippen molar-refractivity contribution in [2.45, 2.75) is 19.8 Å². The molecule has 1 saturated heterocycles. The lowest BCUT2D eigenvalue weighted by atomic mass is 9.88. The largest absolute Gasteiger partial charge is 0.317 e. The van der Waals surface area contributed by atoms with Gasteiger partial charge in [-0.25, -0.2) is 4.98 Å². The van der Waals surface area contributed by atoms with E-state index in [2.05, 4.69) is 16.4 Å². The highest BCUT2D eigenvalue weighted by Gasteiger charge is 2.23. The van der Waals surface area contributed by atoms with Crippen molar-refractivity contribution in [2.24, 2.45) is 5.92 Å². The number of nitrogens with zero attached hydrogens (tertiary/aromatic N) is 3. The quantitative estimate of drug-likeness (QED) is 0.785. The van der Waals surface area contributed by atoms with E-state index in [9.17, 15) is 4.79 Å². The van der Waals surface area contributed by atoms with Gasteiger partial charge in [0.2, 0.25) is 0 Å². The van der Waals surface area contributed by atoms with E-state index < -0.39 is 0 Å². The first-order valence-corrected chi connectivity index (χ1v) is 10.7. The summed E-state index contributed by atoms with van der Waals surface area (Å²) in [6, 6.07) is 1.87. The van der Waals surface area contributed by atoms with Crippen LogP contribution < -0.4 is 5.32 Å². The molecule has 30 heavy (non-hydrogen) atoms. The predicted molar refractivity (Wildman–Crippen MR) is 120 cm³/mol. The molecule has 0 radical (unpaired) electrons. The predicted octanol–water partition coefficient (Wildman–Crippen LogP) is 4.42. The second-order valence-corrected chi connectivity index (χ2v) is 8.34. The van der Waals surface area contributed by atoms with Gasteiger partial charge in [0.05, 0.1) is 10.7 Å². The summed E-state index contributed by atoms with van der Waals surface area (Å²) in [5, 5.41) is 3.97. The Balaban J connectivity index is 1.51. The summed E-state index contributed by atoms with van der Waals surface area (Å²) < 4.78 is 1.91. The van der Waals surface area contributed by atoms with Crippen molar-refractivity contribution in [1.82, 2.24) is 19.6 Å². The smallest absolute Gasteiger partial charge is 0.255 e. The van der Waals surface area contributed by atoms with Crippen LogP contribution in [0.4, 0.5) is 0 Å². The number of aromatic nitrogens is 2. The number of rotatable bonds is 2. The highest BCUT2D eigenvalue weighted by molar-refractivity contribution is 6.33. The van der Waals surface area contributed by atoms with E-state index in [-0.39, 0.29) is 5.91 Å². The number of piperidine rings is 1. The monoisotopic (exact) mass is 418 g/mol. The van der Waals surface area contributed by atoms with Crippen molar-refractivity contribution in [3.8, 4) is 0 Å². The van der Waals surface area contributed by atoms with E-state index in [0.717, 1.165) is 54.1 Å². The second kappa shape index (κ2) is 7.74. The number of nitrogens with one attached hydrogen (secondary N) is 1. The number of aryl methyl sites for hydroxylation is 1. The van der Waals surface area contributed by atoms with Gasteiger partial charge in [0.25, 0.3) is 5.91 Å². The molecule has 152 valence electrons. The molecule has 3 aliphatic rings. The Labute approximate surface area is 180 Å². The minimum atomic E-state index is -0.0607. The second-order valence-electron chi connectivity index (χ2n) is 7.94. The topological polar surface area (TPSA) is 49.6 Å². The van der Waals surface area contributed by atoms with E-state index in [1.54, 1.807) is 11.0 Å². The van der Waals surface area contributed by atoms with Gasteiger partial charge in [-0.2, -0.15) is 0 Å². The number of amides is 1. The molecule has 0 unspecified atom stereocenters. The summed E-state index contributed by atoms with van der Waals surface area (Å²) in [4.78, 5) is 19.4. The molecule has 1 N–H and O–H groups in total. The number of carbonyl (C=O) groups excluding carboxylic acids is 1. The molecule has 1 amide bonds. The average Bonchev–Trinajstić information content (AvgIpc) is 3.13. The van der Waals surface area contributed by atoms with E-state index in [0.29, 0.717) is 10.9 Å². The minimum absolute atomic E-state index is 0.0607. The third-order valence-corrected chi connectivity index (χ3v) is 6.11. The van der Waals surface area contributed by atoms with Crippen molar-refractivity contribution in [3.05, 3.63) is 88.7 Å². The van der Waals surface area contributed by atoms with Crippen molar-refractivity contribution in [1.29, 1.82) is 0 Å². The highest BCUT2D eigenvalue weighted by atomic mass is 35.5. The molecular weight excluding hydrogens is 396 g/mol. The fourth-order valence-electron chi connectivity index (χ4n) is 4.27. The number of pyridine rings is 1. The molecular formula is C24H23ClN4O. The zero-order valence-electron chi connectivity index (χ0n) is 16.8. The summed E-state index contributed by atoms with van der Waals surface area (Å²) in [5.41, 5.74) is 5.41. The maximum absolute atomic E-state index is 13.2. The number of fused-ring (bicyclic) bond motifs is 2. The van der Waals surface area contributed by atoms with Gasteiger partial charge >= 0.3 is 0 Å². The molecule has 5 heterocycles. The van der Waals surface area contributed by atoms with Crippen molar-refractivity contribution in [2.75, 3.05) is 13.1 Å². The lowest BCUT2D eigenvalue weighted by Crippen LogP contribution is -2.31. The number of carbonyl (C=O) groups is 1. The van der Waals surface area contributed by atoms with Crippen LogP contribution in [0, 0.1) is 12.8 Å². The maximum atomic E-state index is 13.2. The Hall–Kier alpha value is -2.89. The fraction of sp³-hybridized carbons (Fsp3) is 0.250. The van der Waals surface area contributed by atoms with E-state index in [1.807, 2.05) is 60.3 Å². The summed E-state index contributed by atoms with van der Waals surface area (Å²) in [7, 11) is 0. The number of imidazole rings is 1. The van der Waals surface area contributed by atoms with Gasteiger partial charge in [0.15, 0.2) is 5.65 Å². The van der Waals surface area contributed by atoms with Gasteiger partial charge in [-0.05, 0) is 68.1 Å². The van der Waals surface area contributed by atoms with Crippen LogP contribution in [0.2, 0.25) is 5.02 Å². The third kappa shape index (κ3) is 3.55. The molecule has 0 aliphatic carbocycles. The van der Waals surface area contributed by atoms with Crippen LogP contribution in [0.15, 0.2) is 72.4 Å². The molecule has 0 spiro atoms. The summed E-state index contributed by atoms with van der Waals surface area (Å²) in [5.74, 6) is 0.432. The third-order valence-electron chi connectivity index (χ3n) is 5.83. The number of hydrogen-bond acceptors (Lipinski definition) is 3. The van der Waals surface area contributed by atoms with Gasteiger partial charge in [-0.1, -0.05) is 29.8 Å². The molecule has 0 saturated carbocycles. The van der Waals surface area contributed by atoms with Crippen molar-refractivity contribution >= 4 is 28.7 Å². The molecule has 0 atom stereocenters. The van der Waals surface area contributed by atoms with Gasteiger partial charge in [-0.15, -0.1) is 0 Å². The zero-order valence-corrected chi connectivity index (χ0v) is 17.6. The standard InChI is InChI=1S/C24H23ClN4O/c1-16-13-28-14-20(11-22(25)24(28)27-16)18-3-2-4-21-6-5-19(15-29(21)23(30)12-18)17-7-9-26-10-8-17/h2-6,11-15,17,26H,7-10H2,1H3/b3-2+,18-12+,21-4+. The van der Waals surface area contributed by atoms with Crippen LogP contribution in [0.25, 0.3) is 11.2 Å². The Morgan fingerprint density at radius 3 is 2.83 bits per heavy atom. The molecule has 5 rings (SSSR count). The number of hydrogen-bond donors (Lipinski definition) is 1. The molecule has 1 fully saturated rings. The zero-order chi connectivity index (χ0) is 20.7. The van der Waals surface area contributed by atoms with Crippen LogP contribution in [0.1, 0.15) is 24.1 Å². The lowest BCUT2D eigenvalue weighted by molar-refractivity contribution is -0.122.